The van der Waals surface area contributed by atoms with Crippen molar-refractivity contribution < 1.29 is 4.74 Å². The van der Waals surface area contributed by atoms with Gasteiger partial charge in [-0.1, -0.05) is 17.7 Å². The van der Waals surface area contributed by atoms with Gasteiger partial charge in [-0.25, -0.2) is 4.98 Å². The van der Waals surface area contributed by atoms with E-state index in [1.807, 2.05) is 39.0 Å². The van der Waals surface area contributed by atoms with Crippen LogP contribution < -0.4 is 10.1 Å². The maximum atomic E-state index is 6.14. The molecule has 1 N–H and O–H groups in total. The standard InChI is InChI=1S/C14H16ClN3O/c1-4-16-14-17-10(3)8-13(18-14)19-12-6-5-9(2)7-11(12)15/h5-8H,4H2,1-3H3,(H,16,17,18). The van der Waals surface area contributed by atoms with Crippen molar-refractivity contribution in [2.75, 3.05) is 11.9 Å². The Morgan fingerprint density at radius 3 is 2.68 bits per heavy atom. The van der Waals surface area contributed by atoms with Crippen molar-refractivity contribution in [3.8, 4) is 11.6 Å². The van der Waals surface area contributed by atoms with Crippen molar-refractivity contribution in [2.45, 2.75) is 20.8 Å². The molecule has 5 heteroatoms. The Morgan fingerprint density at radius 1 is 1.21 bits per heavy atom. The number of anilines is 1. The van der Waals surface area contributed by atoms with Crippen LogP contribution in [0, 0.1) is 13.8 Å². The summed E-state index contributed by atoms with van der Waals surface area (Å²) in [7, 11) is 0. The summed E-state index contributed by atoms with van der Waals surface area (Å²) < 4.78 is 5.71. The maximum Gasteiger partial charge on any atom is 0.226 e. The van der Waals surface area contributed by atoms with Gasteiger partial charge in [-0.3, -0.25) is 0 Å². The molecule has 0 bridgehead atoms. The van der Waals surface area contributed by atoms with Crippen LogP contribution in [-0.2, 0) is 0 Å². The minimum absolute atomic E-state index is 0.481. The maximum absolute atomic E-state index is 6.14. The molecule has 0 aliphatic heterocycles. The van der Waals surface area contributed by atoms with Crippen LogP contribution in [0.15, 0.2) is 24.3 Å². The van der Waals surface area contributed by atoms with Crippen molar-refractivity contribution in [1.29, 1.82) is 0 Å². The summed E-state index contributed by atoms with van der Waals surface area (Å²) in [5.74, 6) is 1.63. The molecule has 19 heavy (non-hydrogen) atoms. The molecule has 0 spiro atoms. The van der Waals surface area contributed by atoms with Crippen molar-refractivity contribution in [3.63, 3.8) is 0 Å². The second-order valence-electron chi connectivity index (χ2n) is 4.24. The minimum atomic E-state index is 0.481. The monoisotopic (exact) mass is 277 g/mol. The Bertz CT molecular complexity index is 587. The SMILES string of the molecule is CCNc1nc(C)cc(Oc2ccc(C)cc2Cl)n1. The third kappa shape index (κ3) is 3.58. The molecule has 0 saturated carbocycles. The van der Waals surface area contributed by atoms with Crippen LogP contribution in [0.5, 0.6) is 11.6 Å². The molecule has 1 aromatic heterocycles. The Balaban J connectivity index is 2.27. The molecular formula is C14H16ClN3O. The largest absolute Gasteiger partial charge is 0.437 e. The van der Waals surface area contributed by atoms with Gasteiger partial charge in [-0.2, -0.15) is 4.98 Å². The van der Waals surface area contributed by atoms with E-state index in [0.29, 0.717) is 22.6 Å². The first kappa shape index (κ1) is 13.6. The van der Waals surface area contributed by atoms with E-state index in [2.05, 4.69) is 15.3 Å². The van der Waals surface area contributed by atoms with Crippen LogP contribution in [0.2, 0.25) is 5.02 Å². The first-order valence-electron chi connectivity index (χ1n) is 6.12. The molecule has 0 fully saturated rings. The molecule has 0 unspecified atom stereocenters. The van der Waals surface area contributed by atoms with Gasteiger partial charge in [0, 0.05) is 18.3 Å². The van der Waals surface area contributed by atoms with Crippen LogP contribution in [0.4, 0.5) is 5.95 Å². The Kier molecular flexibility index (Phi) is 4.22. The molecule has 0 saturated heterocycles. The fourth-order valence-corrected chi connectivity index (χ4v) is 1.90. The summed E-state index contributed by atoms with van der Waals surface area (Å²) in [5, 5.41) is 3.63. The quantitative estimate of drug-likeness (QED) is 0.918. The van der Waals surface area contributed by atoms with Crippen LogP contribution in [0.3, 0.4) is 0 Å². The van der Waals surface area contributed by atoms with Gasteiger partial charge in [0.15, 0.2) is 0 Å². The highest BCUT2D eigenvalue weighted by atomic mass is 35.5. The average molecular weight is 278 g/mol. The lowest BCUT2D eigenvalue weighted by atomic mass is 10.2. The van der Waals surface area contributed by atoms with E-state index in [1.165, 1.54) is 0 Å². The van der Waals surface area contributed by atoms with E-state index in [1.54, 1.807) is 6.07 Å². The molecule has 1 aromatic carbocycles. The summed E-state index contributed by atoms with van der Waals surface area (Å²) in [6.07, 6.45) is 0. The first-order chi connectivity index (χ1) is 9.08. The summed E-state index contributed by atoms with van der Waals surface area (Å²) >= 11 is 6.14. The molecule has 0 radical (unpaired) electrons. The molecule has 2 rings (SSSR count). The molecular weight excluding hydrogens is 262 g/mol. The number of halogens is 1. The number of ether oxygens (including phenoxy) is 1. The second-order valence-corrected chi connectivity index (χ2v) is 4.64. The first-order valence-corrected chi connectivity index (χ1v) is 6.50. The van der Waals surface area contributed by atoms with Gasteiger partial charge in [-0.15, -0.1) is 0 Å². The van der Waals surface area contributed by atoms with E-state index in [9.17, 15) is 0 Å². The number of aryl methyl sites for hydroxylation is 2. The second kappa shape index (κ2) is 5.89. The lowest BCUT2D eigenvalue weighted by Crippen LogP contribution is -2.04. The van der Waals surface area contributed by atoms with Crippen molar-refractivity contribution >= 4 is 17.5 Å². The van der Waals surface area contributed by atoms with E-state index >= 15 is 0 Å². The number of hydrogen-bond acceptors (Lipinski definition) is 4. The molecule has 0 aliphatic rings. The number of nitrogens with zero attached hydrogens (tertiary/aromatic N) is 2. The van der Waals surface area contributed by atoms with Gasteiger partial charge in [0.1, 0.15) is 5.75 Å². The lowest BCUT2D eigenvalue weighted by Gasteiger charge is -2.09. The number of aromatic nitrogens is 2. The predicted octanol–water partition coefficient (Wildman–Crippen LogP) is 3.97. The van der Waals surface area contributed by atoms with Gasteiger partial charge in [-0.05, 0) is 38.5 Å². The fourth-order valence-electron chi connectivity index (χ4n) is 1.63. The highest BCUT2D eigenvalue weighted by Gasteiger charge is 2.07. The molecule has 0 atom stereocenters. The van der Waals surface area contributed by atoms with E-state index in [0.717, 1.165) is 17.8 Å². The van der Waals surface area contributed by atoms with E-state index in [-0.39, 0.29) is 0 Å². The van der Waals surface area contributed by atoms with E-state index < -0.39 is 0 Å². The zero-order valence-electron chi connectivity index (χ0n) is 11.2. The van der Waals surface area contributed by atoms with Crippen molar-refractivity contribution in [2.24, 2.45) is 0 Å². The van der Waals surface area contributed by atoms with Crippen LogP contribution >= 0.6 is 11.6 Å². The Labute approximate surface area is 117 Å². The topological polar surface area (TPSA) is 47.0 Å². The normalized spacial score (nSPS) is 10.3. The Hall–Kier alpha value is -1.81. The minimum Gasteiger partial charge on any atom is -0.437 e. The van der Waals surface area contributed by atoms with Crippen LogP contribution in [-0.4, -0.2) is 16.5 Å². The molecule has 1 heterocycles. The summed E-state index contributed by atoms with van der Waals surface area (Å²) in [6.45, 7) is 6.62. The third-order valence-corrected chi connectivity index (χ3v) is 2.76. The molecule has 0 amide bonds. The third-order valence-electron chi connectivity index (χ3n) is 2.47. The molecule has 100 valence electrons. The van der Waals surface area contributed by atoms with Gasteiger partial charge in [0.2, 0.25) is 11.8 Å². The van der Waals surface area contributed by atoms with Crippen LogP contribution in [0.1, 0.15) is 18.2 Å². The van der Waals surface area contributed by atoms with E-state index in [4.69, 9.17) is 16.3 Å². The highest BCUT2D eigenvalue weighted by molar-refractivity contribution is 6.32. The summed E-state index contributed by atoms with van der Waals surface area (Å²) in [5.41, 5.74) is 1.92. The Morgan fingerprint density at radius 2 is 2.00 bits per heavy atom. The molecule has 2 aromatic rings. The van der Waals surface area contributed by atoms with Crippen LogP contribution in [0.25, 0.3) is 0 Å². The van der Waals surface area contributed by atoms with Gasteiger partial charge in [0.05, 0.1) is 5.02 Å². The zero-order chi connectivity index (χ0) is 13.8. The number of hydrogen-bond donors (Lipinski definition) is 1. The van der Waals surface area contributed by atoms with Gasteiger partial charge >= 0.3 is 0 Å². The number of benzene rings is 1. The van der Waals surface area contributed by atoms with Crippen molar-refractivity contribution in [3.05, 3.63) is 40.5 Å². The zero-order valence-corrected chi connectivity index (χ0v) is 12.0. The van der Waals surface area contributed by atoms with Crippen molar-refractivity contribution in [1.82, 2.24) is 9.97 Å². The lowest BCUT2D eigenvalue weighted by molar-refractivity contribution is 0.462. The van der Waals surface area contributed by atoms with Gasteiger partial charge in [0.25, 0.3) is 0 Å². The fraction of sp³-hybridized carbons (Fsp3) is 0.286. The molecule has 0 aliphatic carbocycles. The van der Waals surface area contributed by atoms with Gasteiger partial charge < -0.3 is 10.1 Å². The smallest absolute Gasteiger partial charge is 0.226 e. The number of nitrogens with one attached hydrogen (secondary N) is 1. The highest BCUT2D eigenvalue weighted by Crippen LogP contribution is 2.29. The predicted molar refractivity (Wildman–Crippen MR) is 77.2 cm³/mol. The average Bonchev–Trinajstić information content (AvgIpc) is 2.32. The molecule has 4 nitrogen and oxygen atoms in total. The summed E-state index contributed by atoms with van der Waals surface area (Å²) in [6, 6.07) is 7.41. The summed E-state index contributed by atoms with van der Waals surface area (Å²) in [4.78, 5) is 8.55. The number of rotatable bonds is 4.